The van der Waals surface area contributed by atoms with Crippen molar-refractivity contribution in [1.29, 1.82) is 0 Å². The molecule has 2 bridgehead atoms. The maximum Gasteiger partial charge on any atom is 0.293 e. The van der Waals surface area contributed by atoms with E-state index in [0.717, 1.165) is 35.0 Å². The number of carbonyl (C=O) groups is 3. The van der Waals surface area contributed by atoms with Crippen molar-refractivity contribution in [2.24, 2.45) is 5.92 Å². The Balaban J connectivity index is 1.22. The minimum absolute atomic E-state index is 0.0139. The number of likely N-dealkylation sites (tertiary alicyclic amines) is 1. The van der Waals surface area contributed by atoms with Crippen LogP contribution in [0.1, 0.15) is 35.6 Å². The summed E-state index contributed by atoms with van der Waals surface area (Å²) >= 11 is 0.917. The molecule has 7 nitrogen and oxygen atoms in total. The average Bonchev–Trinajstić information content (AvgIpc) is 3.06. The minimum Gasteiger partial charge on any atom is -0.342 e. The maximum absolute atomic E-state index is 13.0. The Morgan fingerprint density at radius 1 is 1.06 bits per heavy atom. The highest BCUT2D eigenvalue weighted by atomic mass is 32.2. The molecule has 8 heteroatoms. The lowest BCUT2D eigenvalue weighted by Crippen LogP contribution is -2.49. The van der Waals surface area contributed by atoms with Crippen molar-refractivity contribution < 1.29 is 14.4 Å². The van der Waals surface area contributed by atoms with Gasteiger partial charge >= 0.3 is 0 Å². The number of carbonyl (C=O) groups excluding carboxylic acids is 3. The number of rotatable bonds is 4. The van der Waals surface area contributed by atoms with Gasteiger partial charge in [-0.15, -0.1) is 0 Å². The molecule has 0 N–H and O–H groups in total. The van der Waals surface area contributed by atoms with Crippen LogP contribution in [0.2, 0.25) is 0 Å². The Morgan fingerprint density at radius 2 is 1.85 bits per heavy atom. The number of pyridine rings is 1. The van der Waals surface area contributed by atoms with E-state index >= 15 is 0 Å². The van der Waals surface area contributed by atoms with Crippen LogP contribution in [-0.2, 0) is 16.1 Å². The van der Waals surface area contributed by atoms with E-state index in [9.17, 15) is 19.2 Å². The van der Waals surface area contributed by atoms with Gasteiger partial charge < -0.3 is 9.47 Å². The fraction of sp³-hybridized carbons (Fsp3) is 0.360. The summed E-state index contributed by atoms with van der Waals surface area (Å²) in [5.74, 6) is -0.0138. The normalized spacial score (nSPS) is 23.2. The molecule has 2 aromatic rings. The largest absolute Gasteiger partial charge is 0.342 e. The second kappa shape index (κ2) is 8.67. The van der Waals surface area contributed by atoms with Crippen molar-refractivity contribution >= 4 is 34.9 Å². The Kier molecular flexibility index (Phi) is 5.70. The molecule has 0 spiro atoms. The monoisotopic (exact) mass is 463 g/mol. The lowest BCUT2D eigenvalue weighted by Gasteiger charge is -2.42. The number of fused-ring (bicyclic) bond motifs is 4. The summed E-state index contributed by atoms with van der Waals surface area (Å²) in [5, 5.41) is -0.338. The molecule has 3 aliphatic rings. The predicted molar refractivity (Wildman–Crippen MR) is 127 cm³/mol. The fourth-order valence-corrected chi connectivity index (χ4v) is 5.84. The number of nitrogens with zero attached hydrogens (tertiary/aromatic N) is 3. The van der Waals surface area contributed by atoms with E-state index in [1.54, 1.807) is 18.2 Å². The van der Waals surface area contributed by atoms with Crippen molar-refractivity contribution in [2.45, 2.75) is 32.2 Å². The van der Waals surface area contributed by atoms with Gasteiger partial charge in [0.25, 0.3) is 16.7 Å². The number of piperidine rings is 1. The summed E-state index contributed by atoms with van der Waals surface area (Å²) in [6.07, 6.45) is 2.80. The van der Waals surface area contributed by atoms with E-state index in [4.69, 9.17) is 0 Å². The van der Waals surface area contributed by atoms with E-state index in [1.807, 2.05) is 46.7 Å². The van der Waals surface area contributed by atoms with Crippen LogP contribution in [0, 0.1) is 12.8 Å². The van der Waals surface area contributed by atoms with Gasteiger partial charge in [-0.2, -0.15) is 0 Å². The zero-order valence-electron chi connectivity index (χ0n) is 18.4. The van der Waals surface area contributed by atoms with Gasteiger partial charge in [0.1, 0.15) is 0 Å². The van der Waals surface area contributed by atoms with Gasteiger partial charge in [0.15, 0.2) is 0 Å². The van der Waals surface area contributed by atoms with E-state index in [1.165, 1.54) is 4.90 Å². The predicted octanol–water partition coefficient (Wildman–Crippen LogP) is 3.23. The van der Waals surface area contributed by atoms with Crippen LogP contribution in [0.15, 0.2) is 52.2 Å². The summed E-state index contributed by atoms with van der Waals surface area (Å²) in [5.41, 5.74) is 2.99. The number of amides is 3. The summed E-state index contributed by atoms with van der Waals surface area (Å²) in [4.78, 5) is 53.7. The zero-order valence-corrected chi connectivity index (χ0v) is 19.2. The van der Waals surface area contributed by atoms with E-state index in [-0.39, 0.29) is 47.4 Å². The van der Waals surface area contributed by atoms with Crippen LogP contribution in [0.3, 0.4) is 0 Å². The first-order valence-corrected chi connectivity index (χ1v) is 12.0. The smallest absolute Gasteiger partial charge is 0.293 e. The topological polar surface area (TPSA) is 79.7 Å². The standard InChI is InChI=1S/C25H25N3O4S/c1-16-5-7-17(8-6-16)12-21-24(31)27(25(32)33-21)10-9-22(29)26-13-18-11-19(15-26)20-3-2-4-23(30)28(20)14-18/h2-8,12,18-19H,9-11,13-15H2,1H3/b21-12+/t18-,19+/m1/s1. The first kappa shape index (κ1) is 21.7. The Hall–Kier alpha value is -3.13. The molecule has 0 radical (unpaired) electrons. The number of aromatic nitrogens is 1. The molecule has 5 rings (SSSR count). The van der Waals surface area contributed by atoms with Crippen molar-refractivity contribution in [3.63, 3.8) is 0 Å². The van der Waals surface area contributed by atoms with Crippen molar-refractivity contribution in [2.75, 3.05) is 19.6 Å². The first-order valence-electron chi connectivity index (χ1n) is 11.2. The average molecular weight is 464 g/mol. The molecule has 0 unspecified atom stereocenters. The van der Waals surface area contributed by atoms with Crippen LogP contribution >= 0.6 is 11.8 Å². The highest BCUT2D eigenvalue weighted by Crippen LogP contribution is 2.36. The lowest BCUT2D eigenvalue weighted by molar-refractivity contribution is -0.134. The van der Waals surface area contributed by atoms with Crippen molar-refractivity contribution in [3.05, 3.63) is 74.5 Å². The number of hydrogen-bond acceptors (Lipinski definition) is 5. The third-order valence-electron chi connectivity index (χ3n) is 6.63. The number of benzene rings is 1. The van der Waals surface area contributed by atoms with E-state index in [0.29, 0.717) is 24.5 Å². The molecule has 1 aromatic heterocycles. The SMILES string of the molecule is Cc1ccc(/C=C2/SC(=O)N(CCC(=O)N3C[C@H]4C[C@@H](C3)c3cccc(=O)n3C4)C2=O)cc1. The summed E-state index contributed by atoms with van der Waals surface area (Å²) in [6.45, 7) is 3.86. The fourth-order valence-electron chi connectivity index (χ4n) is 4.97. The van der Waals surface area contributed by atoms with Crippen LogP contribution in [0.25, 0.3) is 6.08 Å². The molecule has 0 aliphatic carbocycles. The molecule has 2 atom stereocenters. The Labute approximate surface area is 196 Å². The molecule has 3 amide bonds. The van der Waals surface area contributed by atoms with Gasteiger partial charge in [-0.3, -0.25) is 24.1 Å². The Morgan fingerprint density at radius 3 is 2.64 bits per heavy atom. The molecule has 2 saturated heterocycles. The highest BCUT2D eigenvalue weighted by molar-refractivity contribution is 8.18. The van der Waals surface area contributed by atoms with Gasteiger partial charge in [-0.1, -0.05) is 35.9 Å². The molecule has 4 heterocycles. The summed E-state index contributed by atoms with van der Waals surface area (Å²) in [7, 11) is 0. The number of imide groups is 1. The van der Waals surface area contributed by atoms with Gasteiger partial charge in [-0.25, -0.2) is 0 Å². The molecule has 2 fully saturated rings. The molecule has 33 heavy (non-hydrogen) atoms. The second-order valence-corrected chi connectivity index (χ2v) is 9.98. The quantitative estimate of drug-likeness (QED) is 0.651. The zero-order chi connectivity index (χ0) is 23.1. The number of thioether (sulfide) groups is 1. The Bertz CT molecular complexity index is 1220. The number of aryl methyl sites for hydroxylation is 1. The summed E-state index contributed by atoms with van der Waals surface area (Å²) in [6, 6.07) is 13.1. The van der Waals surface area contributed by atoms with E-state index in [2.05, 4.69) is 0 Å². The highest BCUT2D eigenvalue weighted by Gasteiger charge is 2.38. The van der Waals surface area contributed by atoms with Crippen LogP contribution in [-0.4, -0.2) is 51.1 Å². The molecular weight excluding hydrogens is 438 g/mol. The van der Waals surface area contributed by atoms with Crippen molar-refractivity contribution in [1.82, 2.24) is 14.4 Å². The molecule has 1 aromatic carbocycles. The molecule has 3 aliphatic heterocycles. The van der Waals surface area contributed by atoms with Gasteiger partial charge in [0.2, 0.25) is 5.91 Å². The van der Waals surface area contributed by atoms with E-state index < -0.39 is 0 Å². The van der Waals surface area contributed by atoms with Gasteiger partial charge in [-0.05, 0) is 48.7 Å². The summed E-state index contributed by atoms with van der Waals surface area (Å²) < 4.78 is 1.83. The minimum atomic E-state index is -0.345. The van der Waals surface area contributed by atoms with Crippen LogP contribution in [0.5, 0.6) is 0 Å². The lowest BCUT2D eigenvalue weighted by atomic mass is 9.83. The van der Waals surface area contributed by atoms with Gasteiger partial charge in [0.05, 0.1) is 4.91 Å². The third-order valence-corrected chi connectivity index (χ3v) is 7.54. The molecule has 170 valence electrons. The van der Waals surface area contributed by atoms with Crippen molar-refractivity contribution in [3.8, 4) is 0 Å². The van der Waals surface area contributed by atoms with Crippen LogP contribution < -0.4 is 5.56 Å². The molecule has 0 saturated carbocycles. The maximum atomic E-state index is 13.0. The second-order valence-electron chi connectivity index (χ2n) is 8.99. The third kappa shape index (κ3) is 4.27. The first-order chi connectivity index (χ1) is 15.9. The number of hydrogen-bond donors (Lipinski definition) is 0. The van der Waals surface area contributed by atoms with Gasteiger partial charge in [0, 0.05) is 50.3 Å². The van der Waals surface area contributed by atoms with Crippen LogP contribution in [0.4, 0.5) is 4.79 Å². The molecular formula is C25H25N3O4S.